The highest BCUT2D eigenvalue weighted by molar-refractivity contribution is 6.00. The third-order valence-corrected chi connectivity index (χ3v) is 4.63. The van der Waals surface area contributed by atoms with E-state index >= 15 is 0 Å². The van der Waals surface area contributed by atoms with Gasteiger partial charge in [-0.25, -0.2) is 0 Å². The second kappa shape index (κ2) is 7.81. The van der Waals surface area contributed by atoms with Crippen molar-refractivity contribution in [3.05, 3.63) is 35.5 Å². The lowest BCUT2D eigenvalue weighted by molar-refractivity contribution is -0.148. The van der Waals surface area contributed by atoms with Crippen LogP contribution < -0.4 is 0 Å². The molecule has 5 heteroatoms. The summed E-state index contributed by atoms with van der Waals surface area (Å²) in [5.41, 5.74) is 1.36. The molecule has 0 saturated carbocycles. The first-order valence-corrected chi connectivity index (χ1v) is 8.63. The fourth-order valence-corrected chi connectivity index (χ4v) is 3.38. The Hall–Kier alpha value is -2.17. The van der Waals surface area contributed by atoms with Crippen LogP contribution in [0.3, 0.4) is 0 Å². The van der Waals surface area contributed by atoms with Crippen molar-refractivity contribution in [3.63, 3.8) is 0 Å². The summed E-state index contributed by atoms with van der Waals surface area (Å²) >= 11 is 0. The summed E-state index contributed by atoms with van der Waals surface area (Å²) in [4.78, 5) is 35.8. The van der Waals surface area contributed by atoms with Gasteiger partial charge < -0.3 is 9.47 Å². The van der Waals surface area contributed by atoms with Crippen molar-refractivity contribution in [2.24, 2.45) is 5.41 Å². The van der Waals surface area contributed by atoms with Gasteiger partial charge in [-0.1, -0.05) is 17.2 Å². The number of ether oxygens (including phenoxy) is 2. The maximum atomic E-state index is 12.6. The lowest BCUT2D eigenvalue weighted by Gasteiger charge is -2.34. The number of ketones is 1. The Morgan fingerprint density at radius 1 is 1.32 bits per heavy atom. The van der Waals surface area contributed by atoms with Gasteiger partial charge in [-0.15, -0.1) is 0 Å². The molecule has 5 nitrogen and oxygen atoms in total. The van der Waals surface area contributed by atoms with Gasteiger partial charge in [0.15, 0.2) is 5.78 Å². The Bertz CT molecular complexity index is 651. The summed E-state index contributed by atoms with van der Waals surface area (Å²) in [6.45, 7) is 7.41. The van der Waals surface area contributed by atoms with E-state index in [2.05, 4.69) is 19.9 Å². The summed E-state index contributed by atoms with van der Waals surface area (Å²) in [6.07, 6.45) is 7.96. The minimum atomic E-state index is -0.969. The smallest absolute Gasteiger partial charge is 0.307 e. The molecular formula is C20H26O5. The third kappa shape index (κ3) is 4.68. The SMILES string of the molecule is CC(=O)O[C@@H]1C=CC(=O)[C@@]2(CC(=O)O[C@@H]2C=C(C)CCC=C(C)C)C1. The molecule has 1 heterocycles. The van der Waals surface area contributed by atoms with Crippen molar-refractivity contribution in [3.8, 4) is 0 Å². The Morgan fingerprint density at radius 3 is 2.68 bits per heavy atom. The topological polar surface area (TPSA) is 69.7 Å². The minimum Gasteiger partial charge on any atom is -0.458 e. The predicted octanol–water partition coefficient (Wildman–Crippen LogP) is 3.44. The minimum absolute atomic E-state index is 0.0242. The molecule has 136 valence electrons. The molecule has 0 aromatic rings. The van der Waals surface area contributed by atoms with Gasteiger partial charge in [0.1, 0.15) is 12.2 Å². The van der Waals surface area contributed by atoms with Crippen molar-refractivity contribution >= 4 is 17.7 Å². The van der Waals surface area contributed by atoms with Gasteiger partial charge in [-0.05, 0) is 51.8 Å². The van der Waals surface area contributed by atoms with Crippen LogP contribution in [0.25, 0.3) is 0 Å². The maximum Gasteiger partial charge on any atom is 0.307 e. The van der Waals surface area contributed by atoms with E-state index in [4.69, 9.17) is 9.47 Å². The summed E-state index contributed by atoms with van der Waals surface area (Å²) < 4.78 is 10.7. The van der Waals surface area contributed by atoms with E-state index < -0.39 is 23.6 Å². The largest absolute Gasteiger partial charge is 0.458 e. The number of hydrogen-bond donors (Lipinski definition) is 0. The van der Waals surface area contributed by atoms with E-state index in [1.165, 1.54) is 18.6 Å². The normalized spacial score (nSPS) is 28.9. The highest BCUT2D eigenvalue weighted by atomic mass is 16.6. The molecule has 0 aromatic heterocycles. The van der Waals surface area contributed by atoms with Crippen LogP contribution in [0.1, 0.15) is 53.4 Å². The summed E-state index contributed by atoms with van der Waals surface area (Å²) in [6, 6.07) is 0. The first-order valence-electron chi connectivity index (χ1n) is 8.63. The molecule has 1 saturated heterocycles. The van der Waals surface area contributed by atoms with Crippen LogP contribution in [0.5, 0.6) is 0 Å². The Kier molecular flexibility index (Phi) is 5.98. The van der Waals surface area contributed by atoms with Gasteiger partial charge in [-0.3, -0.25) is 14.4 Å². The van der Waals surface area contributed by atoms with Gasteiger partial charge in [0.2, 0.25) is 0 Å². The molecule has 2 aliphatic rings. The number of cyclic esters (lactones) is 1. The monoisotopic (exact) mass is 346 g/mol. The van der Waals surface area contributed by atoms with Crippen molar-refractivity contribution in [1.82, 2.24) is 0 Å². The Morgan fingerprint density at radius 2 is 2.04 bits per heavy atom. The molecule has 25 heavy (non-hydrogen) atoms. The number of hydrogen-bond acceptors (Lipinski definition) is 5. The molecule has 0 amide bonds. The van der Waals surface area contributed by atoms with E-state index in [0.29, 0.717) is 0 Å². The van der Waals surface area contributed by atoms with Gasteiger partial charge in [0, 0.05) is 13.3 Å². The summed E-state index contributed by atoms with van der Waals surface area (Å²) in [5, 5.41) is 0. The van der Waals surface area contributed by atoms with Gasteiger partial charge >= 0.3 is 11.9 Å². The fraction of sp³-hybridized carbons (Fsp3) is 0.550. The van der Waals surface area contributed by atoms with E-state index in [9.17, 15) is 14.4 Å². The van der Waals surface area contributed by atoms with Crippen molar-refractivity contribution < 1.29 is 23.9 Å². The molecule has 1 fully saturated rings. The van der Waals surface area contributed by atoms with Crippen LogP contribution in [0.4, 0.5) is 0 Å². The lowest BCUT2D eigenvalue weighted by atomic mass is 9.69. The third-order valence-electron chi connectivity index (χ3n) is 4.63. The van der Waals surface area contributed by atoms with Crippen molar-refractivity contribution in [2.45, 2.75) is 65.6 Å². The number of carbonyl (C=O) groups is 3. The van der Waals surface area contributed by atoms with Crippen LogP contribution in [-0.2, 0) is 23.9 Å². The molecule has 0 N–H and O–H groups in total. The van der Waals surface area contributed by atoms with Crippen LogP contribution >= 0.6 is 0 Å². The lowest BCUT2D eigenvalue weighted by Crippen LogP contribution is -2.43. The van der Waals surface area contributed by atoms with Crippen LogP contribution in [0.15, 0.2) is 35.5 Å². The van der Waals surface area contributed by atoms with E-state index in [-0.39, 0.29) is 24.6 Å². The Balaban J connectivity index is 2.20. The first kappa shape index (κ1) is 19.2. The van der Waals surface area contributed by atoms with E-state index in [1.807, 2.05) is 13.0 Å². The molecule has 0 bridgehead atoms. The second-order valence-electron chi connectivity index (χ2n) is 7.15. The predicted molar refractivity (Wildman–Crippen MR) is 93.7 cm³/mol. The van der Waals surface area contributed by atoms with Crippen LogP contribution in [0, 0.1) is 5.41 Å². The summed E-state index contributed by atoms with van der Waals surface area (Å²) in [7, 11) is 0. The van der Waals surface area contributed by atoms with Crippen LogP contribution in [0.2, 0.25) is 0 Å². The molecule has 1 spiro atoms. The molecular weight excluding hydrogens is 320 g/mol. The van der Waals surface area contributed by atoms with Gasteiger partial charge in [0.25, 0.3) is 0 Å². The molecule has 1 aliphatic heterocycles. The average Bonchev–Trinajstić information content (AvgIpc) is 2.78. The maximum absolute atomic E-state index is 12.6. The first-order chi connectivity index (χ1) is 11.7. The van der Waals surface area contributed by atoms with E-state index in [0.717, 1.165) is 18.4 Å². The average molecular weight is 346 g/mol. The van der Waals surface area contributed by atoms with Crippen molar-refractivity contribution in [1.29, 1.82) is 0 Å². The highest BCUT2D eigenvalue weighted by Gasteiger charge is 2.55. The molecule has 2 rings (SSSR count). The van der Waals surface area contributed by atoms with Crippen LogP contribution in [-0.4, -0.2) is 29.9 Å². The second-order valence-corrected chi connectivity index (χ2v) is 7.15. The number of esters is 2. The molecule has 0 radical (unpaired) electrons. The van der Waals surface area contributed by atoms with E-state index in [1.54, 1.807) is 6.08 Å². The molecule has 0 aromatic carbocycles. The quantitative estimate of drug-likeness (QED) is 0.563. The molecule has 0 unspecified atom stereocenters. The number of rotatable bonds is 5. The zero-order valence-corrected chi connectivity index (χ0v) is 15.3. The Labute approximate surface area is 148 Å². The molecule has 1 aliphatic carbocycles. The zero-order chi connectivity index (χ0) is 18.6. The fourth-order valence-electron chi connectivity index (χ4n) is 3.38. The van der Waals surface area contributed by atoms with Crippen molar-refractivity contribution in [2.75, 3.05) is 0 Å². The number of carbonyl (C=O) groups excluding carboxylic acids is 3. The molecule has 3 atom stereocenters. The van der Waals surface area contributed by atoms with Gasteiger partial charge in [0.05, 0.1) is 11.8 Å². The summed E-state index contributed by atoms with van der Waals surface area (Å²) in [5.74, 6) is -0.932. The zero-order valence-electron chi connectivity index (χ0n) is 15.3. The highest BCUT2D eigenvalue weighted by Crippen LogP contribution is 2.45. The standard InChI is InChI=1S/C20H26O5/c1-13(2)6-5-7-14(3)10-18-20(12-19(23)25-18)11-16(24-15(4)21)8-9-17(20)22/h6,8-10,16,18H,5,7,11-12H2,1-4H3/t16-,18-,20+/m1/s1. The number of allylic oxidation sites excluding steroid dienone is 4. The van der Waals surface area contributed by atoms with Gasteiger partial charge in [-0.2, -0.15) is 0 Å².